The zero-order valence-corrected chi connectivity index (χ0v) is 11.5. The molecule has 0 aliphatic carbocycles. The average molecular weight is 258 g/mol. The lowest BCUT2D eigenvalue weighted by Crippen LogP contribution is -2.22. The Morgan fingerprint density at radius 1 is 1.32 bits per heavy atom. The van der Waals surface area contributed by atoms with Gasteiger partial charge in [0.05, 0.1) is 5.69 Å². The van der Waals surface area contributed by atoms with Gasteiger partial charge in [-0.15, -0.1) is 0 Å². The maximum atomic E-state index is 11.9. The summed E-state index contributed by atoms with van der Waals surface area (Å²) < 4.78 is 2.00. The number of hydrogen-bond donors (Lipinski definition) is 0. The van der Waals surface area contributed by atoms with Crippen LogP contribution in [0.3, 0.4) is 0 Å². The summed E-state index contributed by atoms with van der Waals surface area (Å²) in [6.45, 7) is 2.12. The van der Waals surface area contributed by atoms with Gasteiger partial charge in [0.2, 0.25) is 0 Å². The molecule has 19 heavy (non-hydrogen) atoms. The van der Waals surface area contributed by atoms with Gasteiger partial charge in [-0.05, 0) is 18.6 Å². The molecular formula is C14H18N4O. The van der Waals surface area contributed by atoms with Gasteiger partial charge in [-0.1, -0.05) is 6.92 Å². The van der Waals surface area contributed by atoms with E-state index in [-0.39, 0.29) is 5.91 Å². The van der Waals surface area contributed by atoms with Crippen LogP contribution >= 0.6 is 0 Å². The first-order valence-corrected chi connectivity index (χ1v) is 6.33. The van der Waals surface area contributed by atoms with Gasteiger partial charge < -0.3 is 9.47 Å². The van der Waals surface area contributed by atoms with Gasteiger partial charge >= 0.3 is 0 Å². The Bertz CT molecular complexity index is 574. The summed E-state index contributed by atoms with van der Waals surface area (Å²) in [4.78, 5) is 21.9. The molecule has 0 unspecified atom stereocenters. The molecule has 2 rings (SSSR count). The van der Waals surface area contributed by atoms with Crippen molar-refractivity contribution in [2.75, 3.05) is 14.1 Å². The van der Waals surface area contributed by atoms with Crippen molar-refractivity contribution in [1.29, 1.82) is 0 Å². The maximum Gasteiger partial charge on any atom is 0.272 e. The number of pyridine rings is 1. The molecule has 0 spiro atoms. The minimum atomic E-state index is -0.0981. The van der Waals surface area contributed by atoms with E-state index in [9.17, 15) is 4.79 Å². The van der Waals surface area contributed by atoms with Crippen molar-refractivity contribution in [1.82, 2.24) is 19.4 Å². The summed E-state index contributed by atoms with van der Waals surface area (Å²) >= 11 is 0. The zero-order chi connectivity index (χ0) is 13.8. The molecule has 100 valence electrons. The Morgan fingerprint density at radius 3 is 2.79 bits per heavy atom. The number of hydrogen-bond acceptors (Lipinski definition) is 3. The number of amides is 1. The van der Waals surface area contributed by atoms with Gasteiger partial charge in [0, 0.05) is 39.1 Å². The van der Waals surface area contributed by atoms with Gasteiger partial charge in [0.25, 0.3) is 5.91 Å². The lowest BCUT2D eigenvalue weighted by Gasteiger charge is -2.11. The molecular weight excluding hydrogens is 240 g/mol. The highest BCUT2D eigenvalue weighted by molar-refractivity contribution is 5.92. The molecule has 2 heterocycles. The van der Waals surface area contributed by atoms with E-state index in [0.29, 0.717) is 5.69 Å². The van der Waals surface area contributed by atoms with Crippen molar-refractivity contribution in [2.45, 2.75) is 19.8 Å². The van der Waals surface area contributed by atoms with Crippen LogP contribution in [0.4, 0.5) is 0 Å². The maximum absolute atomic E-state index is 11.9. The molecule has 0 aliphatic rings. The fourth-order valence-corrected chi connectivity index (χ4v) is 1.89. The summed E-state index contributed by atoms with van der Waals surface area (Å²) in [5.41, 5.74) is 1.36. The average Bonchev–Trinajstić information content (AvgIpc) is 2.86. The fourth-order valence-electron chi connectivity index (χ4n) is 1.89. The number of nitrogens with zero attached hydrogens (tertiary/aromatic N) is 4. The number of carbonyl (C=O) groups excluding carboxylic acids is 1. The molecule has 2 aromatic heterocycles. The third kappa shape index (κ3) is 2.81. The monoisotopic (exact) mass is 258 g/mol. The molecule has 0 aromatic carbocycles. The molecule has 5 heteroatoms. The second kappa shape index (κ2) is 5.65. The van der Waals surface area contributed by atoms with Gasteiger partial charge in [-0.2, -0.15) is 0 Å². The predicted molar refractivity (Wildman–Crippen MR) is 73.4 cm³/mol. The molecule has 0 atom stereocenters. The van der Waals surface area contributed by atoms with Gasteiger partial charge in [-0.25, -0.2) is 4.98 Å². The normalized spacial score (nSPS) is 10.5. The molecule has 5 nitrogen and oxygen atoms in total. The first kappa shape index (κ1) is 13.3. The first-order valence-electron chi connectivity index (χ1n) is 6.33. The second-order valence-corrected chi connectivity index (χ2v) is 4.56. The summed E-state index contributed by atoms with van der Waals surface area (Å²) in [5.74, 6) is 0.899. The highest BCUT2D eigenvalue weighted by atomic mass is 16.2. The first-order chi connectivity index (χ1) is 9.13. The summed E-state index contributed by atoms with van der Waals surface area (Å²) in [6.07, 6.45) is 7.28. The Kier molecular flexibility index (Phi) is 3.94. The number of carbonyl (C=O) groups is 1. The van der Waals surface area contributed by atoms with Gasteiger partial charge in [0.15, 0.2) is 0 Å². The molecule has 0 bridgehead atoms. The lowest BCUT2D eigenvalue weighted by atomic mass is 10.2. The van der Waals surface area contributed by atoms with E-state index in [2.05, 4.69) is 16.9 Å². The number of aryl methyl sites for hydroxylation is 1. The molecule has 1 amide bonds. The molecule has 0 aliphatic heterocycles. The lowest BCUT2D eigenvalue weighted by molar-refractivity contribution is 0.0822. The standard InChI is InChI=1S/C14H18N4O/c1-4-5-13-16-8-9-18(13)11-6-7-15-12(10-11)14(19)17(2)3/h6-10H,4-5H2,1-3H3. The quantitative estimate of drug-likeness (QED) is 0.842. The van der Waals surface area contributed by atoms with E-state index in [4.69, 9.17) is 0 Å². The van der Waals surface area contributed by atoms with E-state index >= 15 is 0 Å². The molecule has 0 fully saturated rings. The van der Waals surface area contributed by atoms with E-state index in [1.54, 1.807) is 32.6 Å². The molecule has 0 saturated carbocycles. The highest BCUT2D eigenvalue weighted by Gasteiger charge is 2.11. The van der Waals surface area contributed by atoms with E-state index in [0.717, 1.165) is 24.4 Å². The number of rotatable bonds is 4. The van der Waals surface area contributed by atoms with Gasteiger partial charge in [-0.3, -0.25) is 9.78 Å². The van der Waals surface area contributed by atoms with Crippen molar-refractivity contribution in [3.8, 4) is 5.69 Å². The van der Waals surface area contributed by atoms with E-state index in [1.807, 2.05) is 16.8 Å². The van der Waals surface area contributed by atoms with E-state index < -0.39 is 0 Å². The summed E-state index contributed by atoms with van der Waals surface area (Å²) in [7, 11) is 3.44. The molecule has 0 N–H and O–H groups in total. The Balaban J connectivity index is 2.38. The third-order valence-electron chi connectivity index (χ3n) is 2.84. The van der Waals surface area contributed by atoms with Crippen LogP contribution in [0, 0.1) is 0 Å². The largest absolute Gasteiger partial charge is 0.343 e. The third-order valence-corrected chi connectivity index (χ3v) is 2.84. The van der Waals surface area contributed by atoms with Crippen LogP contribution in [-0.2, 0) is 6.42 Å². The fraction of sp³-hybridized carbons (Fsp3) is 0.357. The Labute approximate surface area is 112 Å². The van der Waals surface area contributed by atoms with Crippen molar-refractivity contribution in [3.63, 3.8) is 0 Å². The van der Waals surface area contributed by atoms with Crippen LogP contribution in [0.2, 0.25) is 0 Å². The van der Waals surface area contributed by atoms with Crippen LogP contribution in [0.5, 0.6) is 0 Å². The highest BCUT2D eigenvalue weighted by Crippen LogP contribution is 2.13. The number of imidazole rings is 1. The minimum absolute atomic E-state index is 0.0981. The van der Waals surface area contributed by atoms with E-state index in [1.165, 1.54) is 4.90 Å². The summed E-state index contributed by atoms with van der Waals surface area (Å²) in [6, 6.07) is 3.68. The number of aromatic nitrogens is 3. The summed E-state index contributed by atoms with van der Waals surface area (Å²) in [5, 5.41) is 0. The van der Waals surface area contributed by atoms with Gasteiger partial charge in [0.1, 0.15) is 11.5 Å². The van der Waals surface area contributed by atoms with Crippen molar-refractivity contribution in [3.05, 3.63) is 42.2 Å². The van der Waals surface area contributed by atoms with Crippen LogP contribution in [-0.4, -0.2) is 39.4 Å². The van der Waals surface area contributed by atoms with Crippen LogP contribution in [0.25, 0.3) is 5.69 Å². The van der Waals surface area contributed by atoms with Crippen molar-refractivity contribution in [2.24, 2.45) is 0 Å². The SMILES string of the molecule is CCCc1nccn1-c1ccnc(C(=O)N(C)C)c1. The zero-order valence-electron chi connectivity index (χ0n) is 11.5. The molecule has 0 saturated heterocycles. The molecule has 0 radical (unpaired) electrons. The Hall–Kier alpha value is -2.17. The van der Waals surface area contributed by atoms with Crippen LogP contribution in [0.15, 0.2) is 30.7 Å². The topological polar surface area (TPSA) is 51.0 Å². The molecule has 2 aromatic rings. The van der Waals surface area contributed by atoms with Crippen molar-refractivity contribution >= 4 is 5.91 Å². The van der Waals surface area contributed by atoms with Crippen LogP contribution < -0.4 is 0 Å². The van der Waals surface area contributed by atoms with Crippen molar-refractivity contribution < 1.29 is 4.79 Å². The predicted octanol–water partition coefficient (Wildman–Crippen LogP) is 1.92. The smallest absolute Gasteiger partial charge is 0.272 e. The minimum Gasteiger partial charge on any atom is -0.343 e. The second-order valence-electron chi connectivity index (χ2n) is 4.56. The van der Waals surface area contributed by atoms with Crippen LogP contribution in [0.1, 0.15) is 29.7 Å². The Morgan fingerprint density at radius 2 is 2.11 bits per heavy atom.